The molecule has 3 heteroatoms. The largest absolute Gasteiger partial charge is 0.381 e. The number of aliphatic hydroxyl groups excluding tert-OH is 1. The van der Waals surface area contributed by atoms with Crippen molar-refractivity contribution in [3.63, 3.8) is 0 Å². The van der Waals surface area contributed by atoms with Crippen LogP contribution in [0.2, 0.25) is 0 Å². The molecule has 0 amide bonds. The zero-order chi connectivity index (χ0) is 12.0. The topological polar surface area (TPSA) is 23.5 Å². The van der Waals surface area contributed by atoms with Gasteiger partial charge in [-0.15, -0.1) is 11.8 Å². The van der Waals surface area contributed by atoms with E-state index < -0.39 is 0 Å². The molecule has 1 N–H and O–H groups in total. The minimum Gasteiger partial charge on any atom is -0.381 e. The molecule has 0 spiro atoms. The zero-order valence-electron chi connectivity index (χ0n) is 10.3. The Kier molecular flexibility index (Phi) is 5.88. The summed E-state index contributed by atoms with van der Waals surface area (Å²) in [7, 11) is 1.92. The fraction of sp³-hybridized carbons (Fsp3) is 0.538. The van der Waals surface area contributed by atoms with E-state index in [9.17, 15) is 0 Å². The lowest BCUT2D eigenvalue weighted by Gasteiger charge is -2.12. The van der Waals surface area contributed by atoms with E-state index in [1.54, 1.807) is 0 Å². The van der Waals surface area contributed by atoms with E-state index in [4.69, 9.17) is 5.11 Å². The number of rotatable bonds is 6. The summed E-state index contributed by atoms with van der Waals surface area (Å²) in [4.78, 5) is 3.23. The number of likely N-dealkylation sites (N-methyl/N-ethyl adjacent to an activating group) is 1. The molecule has 90 valence electrons. The number of benzene rings is 1. The van der Waals surface area contributed by atoms with Crippen molar-refractivity contribution in [1.82, 2.24) is 4.90 Å². The maximum atomic E-state index is 8.88. The van der Waals surface area contributed by atoms with Gasteiger partial charge in [0.05, 0.1) is 6.73 Å². The average Bonchev–Trinajstić information content (AvgIpc) is 2.27. The summed E-state index contributed by atoms with van der Waals surface area (Å²) in [6, 6.07) is 8.71. The second-order valence-electron chi connectivity index (χ2n) is 4.28. The van der Waals surface area contributed by atoms with E-state index in [2.05, 4.69) is 38.1 Å². The number of nitrogens with zero attached hydrogens (tertiary/aromatic N) is 1. The van der Waals surface area contributed by atoms with E-state index in [0.717, 1.165) is 13.0 Å². The Bertz CT molecular complexity index is 297. The molecule has 0 saturated heterocycles. The average molecular weight is 239 g/mol. The number of hydrogen-bond acceptors (Lipinski definition) is 3. The summed E-state index contributed by atoms with van der Waals surface area (Å²) in [6.45, 7) is 5.43. The van der Waals surface area contributed by atoms with Crippen molar-refractivity contribution in [3.05, 3.63) is 29.8 Å². The summed E-state index contributed by atoms with van der Waals surface area (Å²) in [6.07, 6.45) is 0.990. The Morgan fingerprint density at radius 1 is 1.25 bits per heavy atom. The predicted molar refractivity (Wildman–Crippen MR) is 70.9 cm³/mol. The summed E-state index contributed by atoms with van der Waals surface area (Å²) in [5.74, 6) is 0. The molecule has 0 aromatic heterocycles. The van der Waals surface area contributed by atoms with Crippen LogP contribution in [0.3, 0.4) is 0 Å². The normalized spacial score (nSPS) is 11.4. The first kappa shape index (κ1) is 13.6. The third-order valence-corrected chi connectivity index (χ3v) is 3.33. The smallest absolute Gasteiger partial charge is 0.0954 e. The highest BCUT2D eigenvalue weighted by Gasteiger charge is 2.00. The van der Waals surface area contributed by atoms with Crippen molar-refractivity contribution < 1.29 is 5.11 Å². The maximum absolute atomic E-state index is 8.88. The van der Waals surface area contributed by atoms with Gasteiger partial charge in [-0.1, -0.05) is 26.0 Å². The van der Waals surface area contributed by atoms with Crippen LogP contribution in [0.25, 0.3) is 0 Å². The molecule has 1 aromatic carbocycles. The molecule has 0 atom stereocenters. The molecule has 0 aliphatic carbocycles. The fourth-order valence-corrected chi connectivity index (χ4v) is 2.24. The third-order valence-electron chi connectivity index (χ3n) is 2.32. The third kappa shape index (κ3) is 5.01. The number of thioether (sulfide) groups is 1. The molecule has 1 aromatic rings. The van der Waals surface area contributed by atoms with E-state index in [0.29, 0.717) is 5.25 Å². The van der Waals surface area contributed by atoms with Crippen molar-refractivity contribution in [1.29, 1.82) is 0 Å². The molecule has 0 unspecified atom stereocenters. The molecule has 0 radical (unpaired) electrons. The Morgan fingerprint density at radius 3 is 2.38 bits per heavy atom. The van der Waals surface area contributed by atoms with Crippen molar-refractivity contribution in [2.45, 2.75) is 30.4 Å². The second kappa shape index (κ2) is 6.94. The van der Waals surface area contributed by atoms with Crippen molar-refractivity contribution >= 4 is 11.8 Å². The van der Waals surface area contributed by atoms with Gasteiger partial charge in [0, 0.05) is 16.7 Å². The monoisotopic (exact) mass is 239 g/mol. The maximum Gasteiger partial charge on any atom is 0.0954 e. The van der Waals surface area contributed by atoms with E-state index in [1.807, 2.05) is 23.7 Å². The van der Waals surface area contributed by atoms with Gasteiger partial charge in [0.25, 0.3) is 0 Å². The van der Waals surface area contributed by atoms with Crippen molar-refractivity contribution in [3.8, 4) is 0 Å². The molecule has 0 bridgehead atoms. The van der Waals surface area contributed by atoms with Crippen LogP contribution < -0.4 is 0 Å². The van der Waals surface area contributed by atoms with Crippen LogP contribution >= 0.6 is 11.8 Å². The van der Waals surface area contributed by atoms with Crippen LogP contribution in [0.4, 0.5) is 0 Å². The Hall–Kier alpha value is -0.510. The van der Waals surface area contributed by atoms with Gasteiger partial charge in [0.2, 0.25) is 0 Å². The quantitative estimate of drug-likeness (QED) is 0.610. The lowest BCUT2D eigenvalue weighted by atomic mass is 10.1. The highest BCUT2D eigenvalue weighted by atomic mass is 32.2. The standard InChI is InChI=1S/C13H21NOS/c1-11(2)16-13-6-4-12(5-7-13)8-9-14(3)10-15/h4-7,11,15H,8-10H2,1-3H3. The Balaban J connectivity index is 2.45. The van der Waals surface area contributed by atoms with Crippen LogP contribution in [-0.4, -0.2) is 35.6 Å². The summed E-state index contributed by atoms with van der Waals surface area (Å²) >= 11 is 1.89. The minimum atomic E-state index is 0.126. The number of aliphatic hydroxyl groups is 1. The first-order chi connectivity index (χ1) is 7.61. The van der Waals surface area contributed by atoms with Crippen molar-refractivity contribution in [2.75, 3.05) is 20.3 Å². The molecule has 0 aliphatic rings. The van der Waals surface area contributed by atoms with Gasteiger partial charge in [-0.3, -0.25) is 4.90 Å². The Morgan fingerprint density at radius 2 is 1.88 bits per heavy atom. The molecule has 0 fully saturated rings. The highest BCUT2D eigenvalue weighted by molar-refractivity contribution is 7.99. The highest BCUT2D eigenvalue weighted by Crippen LogP contribution is 2.22. The van der Waals surface area contributed by atoms with Gasteiger partial charge in [-0.25, -0.2) is 0 Å². The van der Waals surface area contributed by atoms with Crippen LogP contribution in [0.15, 0.2) is 29.2 Å². The summed E-state index contributed by atoms with van der Waals surface area (Å²) in [5.41, 5.74) is 1.33. The lowest BCUT2D eigenvalue weighted by Crippen LogP contribution is -2.21. The molecule has 2 nitrogen and oxygen atoms in total. The first-order valence-electron chi connectivity index (χ1n) is 5.67. The lowest BCUT2D eigenvalue weighted by molar-refractivity contribution is 0.134. The van der Waals surface area contributed by atoms with Crippen LogP contribution in [0.5, 0.6) is 0 Å². The van der Waals surface area contributed by atoms with E-state index in [1.165, 1.54) is 10.5 Å². The van der Waals surface area contributed by atoms with Gasteiger partial charge in [-0.05, 0) is 31.2 Å². The van der Waals surface area contributed by atoms with Gasteiger partial charge in [-0.2, -0.15) is 0 Å². The molecule has 0 saturated carbocycles. The van der Waals surface area contributed by atoms with Gasteiger partial charge < -0.3 is 5.11 Å². The SMILES string of the molecule is CC(C)Sc1ccc(CCN(C)CO)cc1. The summed E-state index contributed by atoms with van der Waals surface area (Å²) < 4.78 is 0. The van der Waals surface area contributed by atoms with Gasteiger partial charge in [0.15, 0.2) is 0 Å². The van der Waals surface area contributed by atoms with Gasteiger partial charge in [0.1, 0.15) is 0 Å². The molecule has 1 rings (SSSR count). The van der Waals surface area contributed by atoms with E-state index >= 15 is 0 Å². The minimum absolute atomic E-state index is 0.126. The Labute approximate surface area is 103 Å². The van der Waals surface area contributed by atoms with E-state index in [-0.39, 0.29) is 6.73 Å². The second-order valence-corrected chi connectivity index (χ2v) is 5.93. The molecule has 0 aliphatic heterocycles. The van der Waals surface area contributed by atoms with Crippen molar-refractivity contribution in [2.24, 2.45) is 0 Å². The molecule has 16 heavy (non-hydrogen) atoms. The van der Waals surface area contributed by atoms with Crippen LogP contribution in [0.1, 0.15) is 19.4 Å². The number of hydrogen-bond donors (Lipinski definition) is 1. The van der Waals surface area contributed by atoms with Crippen LogP contribution in [-0.2, 0) is 6.42 Å². The van der Waals surface area contributed by atoms with Crippen LogP contribution in [0, 0.1) is 0 Å². The van der Waals surface area contributed by atoms with Gasteiger partial charge >= 0.3 is 0 Å². The fourth-order valence-electron chi connectivity index (χ4n) is 1.40. The molecular formula is C13H21NOS. The molecule has 0 heterocycles. The molecular weight excluding hydrogens is 218 g/mol. The zero-order valence-corrected chi connectivity index (χ0v) is 11.1. The first-order valence-corrected chi connectivity index (χ1v) is 6.54. The predicted octanol–water partition coefficient (Wildman–Crippen LogP) is 2.61. The summed E-state index contributed by atoms with van der Waals surface area (Å²) in [5, 5.41) is 9.51.